The minimum atomic E-state index is -0.350. The molecule has 0 spiro atoms. The highest BCUT2D eigenvalue weighted by Gasteiger charge is 2.43. The van der Waals surface area contributed by atoms with Crippen LogP contribution in [-0.4, -0.2) is 34.8 Å². The van der Waals surface area contributed by atoms with Crippen molar-refractivity contribution >= 4 is 23.2 Å². The third-order valence-corrected chi connectivity index (χ3v) is 6.13. The van der Waals surface area contributed by atoms with E-state index in [4.69, 9.17) is 0 Å². The molecule has 2 aliphatic heterocycles. The van der Waals surface area contributed by atoms with Gasteiger partial charge in [0.2, 0.25) is 5.91 Å². The van der Waals surface area contributed by atoms with Gasteiger partial charge >= 0.3 is 0 Å². The van der Waals surface area contributed by atoms with Crippen molar-refractivity contribution in [2.75, 3.05) is 0 Å². The first-order chi connectivity index (χ1) is 12.6. The van der Waals surface area contributed by atoms with Gasteiger partial charge < -0.3 is 10.2 Å². The first-order valence-electron chi connectivity index (χ1n) is 8.99. The van der Waals surface area contributed by atoms with Gasteiger partial charge in [0.15, 0.2) is 0 Å². The van der Waals surface area contributed by atoms with Crippen molar-refractivity contribution in [3.8, 4) is 0 Å². The third-order valence-electron chi connectivity index (χ3n) is 5.40. The van der Waals surface area contributed by atoms with Gasteiger partial charge in [-0.3, -0.25) is 9.59 Å². The summed E-state index contributed by atoms with van der Waals surface area (Å²) in [5.74, 6) is -0.330. The lowest BCUT2D eigenvalue weighted by Crippen LogP contribution is -2.52. The van der Waals surface area contributed by atoms with Gasteiger partial charge in [0.25, 0.3) is 5.91 Å². The van der Waals surface area contributed by atoms with Crippen LogP contribution in [0.1, 0.15) is 41.6 Å². The fourth-order valence-corrected chi connectivity index (χ4v) is 4.90. The molecule has 2 aliphatic rings. The van der Waals surface area contributed by atoms with E-state index in [-0.39, 0.29) is 35.8 Å². The second-order valence-corrected chi connectivity index (χ2v) is 7.92. The monoisotopic (exact) mass is 372 g/mol. The number of carbonyl (C=O) groups excluding carboxylic acids is 2. The molecule has 6 heteroatoms. The average molecular weight is 372 g/mol. The molecule has 0 radical (unpaired) electrons. The Labute approximate surface area is 156 Å². The molecule has 2 fully saturated rings. The summed E-state index contributed by atoms with van der Waals surface area (Å²) >= 11 is 1.61. The average Bonchev–Trinajstić information content (AvgIpc) is 3.21. The van der Waals surface area contributed by atoms with Gasteiger partial charge in [0, 0.05) is 23.7 Å². The molecular formula is C20H21FN2O2S. The predicted molar refractivity (Wildman–Crippen MR) is 98.6 cm³/mol. The van der Waals surface area contributed by atoms with Crippen LogP contribution in [0.2, 0.25) is 0 Å². The Bertz CT molecular complexity index is 777. The van der Waals surface area contributed by atoms with Crippen LogP contribution in [-0.2, 0) is 11.2 Å². The number of hydrogen-bond donors (Lipinski definition) is 1. The zero-order valence-electron chi connectivity index (χ0n) is 14.4. The van der Waals surface area contributed by atoms with Gasteiger partial charge in [-0.2, -0.15) is 11.3 Å². The van der Waals surface area contributed by atoms with Crippen molar-refractivity contribution in [3.63, 3.8) is 0 Å². The van der Waals surface area contributed by atoms with Crippen LogP contribution in [0.5, 0.6) is 0 Å². The highest BCUT2D eigenvalue weighted by molar-refractivity contribution is 7.08. The van der Waals surface area contributed by atoms with Gasteiger partial charge in [-0.15, -0.1) is 0 Å². The molecule has 1 N–H and O–H groups in total. The number of halogens is 1. The molecule has 2 amide bonds. The topological polar surface area (TPSA) is 49.4 Å². The molecule has 1 unspecified atom stereocenters. The second-order valence-electron chi connectivity index (χ2n) is 7.14. The van der Waals surface area contributed by atoms with Crippen molar-refractivity contribution in [1.82, 2.24) is 10.2 Å². The highest BCUT2D eigenvalue weighted by Crippen LogP contribution is 2.36. The number of fused-ring (bicyclic) bond motifs is 2. The van der Waals surface area contributed by atoms with Crippen molar-refractivity contribution in [2.24, 2.45) is 0 Å². The van der Waals surface area contributed by atoms with Crippen molar-refractivity contribution < 1.29 is 14.0 Å². The molecule has 1 aromatic heterocycles. The van der Waals surface area contributed by atoms with Crippen LogP contribution in [0, 0.1) is 5.82 Å². The van der Waals surface area contributed by atoms with E-state index >= 15 is 0 Å². The summed E-state index contributed by atoms with van der Waals surface area (Å²) < 4.78 is 13.0. The molecule has 26 heavy (non-hydrogen) atoms. The van der Waals surface area contributed by atoms with Crippen LogP contribution in [0.25, 0.3) is 0 Å². The predicted octanol–water partition coefficient (Wildman–Crippen LogP) is 3.38. The van der Waals surface area contributed by atoms with Crippen molar-refractivity contribution in [3.05, 3.63) is 58.0 Å². The number of benzene rings is 1. The van der Waals surface area contributed by atoms with E-state index in [1.807, 2.05) is 16.8 Å². The molecular weight excluding hydrogens is 351 g/mol. The number of hydrogen-bond acceptors (Lipinski definition) is 3. The van der Waals surface area contributed by atoms with Crippen molar-refractivity contribution in [1.29, 1.82) is 0 Å². The first-order valence-corrected chi connectivity index (χ1v) is 9.93. The number of thiophene rings is 1. The Morgan fingerprint density at radius 3 is 2.42 bits per heavy atom. The molecule has 2 saturated heterocycles. The zero-order valence-corrected chi connectivity index (χ0v) is 15.2. The lowest BCUT2D eigenvalue weighted by Gasteiger charge is -2.39. The van der Waals surface area contributed by atoms with Crippen LogP contribution in [0.3, 0.4) is 0 Å². The molecule has 2 aromatic rings. The molecule has 136 valence electrons. The summed E-state index contributed by atoms with van der Waals surface area (Å²) in [4.78, 5) is 27.1. The molecule has 0 aliphatic carbocycles. The Morgan fingerprint density at radius 2 is 1.81 bits per heavy atom. The number of nitrogens with zero attached hydrogens (tertiary/aromatic N) is 1. The van der Waals surface area contributed by atoms with E-state index in [0.29, 0.717) is 12.0 Å². The van der Waals surface area contributed by atoms with Crippen LogP contribution in [0.15, 0.2) is 41.1 Å². The summed E-state index contributed by atoms with van der Waals surface area (Å²) in [7, 11) is 0. The minimum absolute atomic E-state index is 0.0650. The zero-order chi connectivity index (χ0) is 18.1. The molecule has 3 heterocycles. The van der Waals surface area contributed by atoms with Gasteiger partial charge in [-0.05, 0) is 72.3 Å². The Hall–Kier alpha value is -2.21. The molecule has 2 bridgehead atoms. The molecule has 3 atom stereocenters. The van der Waals surface area contributed by atoms with Gasteiger partial charge in [0.1, 0.15) is 5.82 Å². The quantitative estimate of drug-likeness (QED) is 0.894. The van der Waals surface area contributed by atoms with E-state index in [0.717, 1.165) is 31.2 Å². The summed E-state index contributed by atoms with van der Waals surface area (Å²) in [5, 5.41) is 7.08. The lowest BCUT2D eigenvalue weighted by molar-refractivity contribution is -0.135. The standard InChI is InChI=1S/C20H21FN2O2S/c21-15-3-1-14(2-4-15)20(25)22-16-10-17-5-6-18(11-16)23(17)19(24)9-13-7-8-26-12-13/h1-4,7-8,12,16-18H,5-6,9-11H2,(H,22,25)/t16?,17-,18+. The normalized spacial score (nSPS) is 24.5. The smallest absolute Gasteiger partial charge is 0.251 e. The Morgan fingerprint density at radius 1 is 1.12 bits per heavy atom. The third kappa shape index (κ3) is 3.51. The number of amides is 2. The fraction of sp³-hybridized carbons (Fsp3) is 0.400. The maximum absolute atomic E-state index is 13.0. The highest BCUT2D eigenvalue weighted by atomic mass is 32.1. The first kappa shape index (κ1) is 17.2. The van der Waals surface area contributed by atoms with Gasteiger partial charge in [0.05, 0.1) is 6.42 Å². The molecule has 0 saturated carbocycles. The maximum atomic E-state index is 13.0. The molecule has 4 nitrogen and oxygen atoms in total. The molecule has 4 rings (SSSR count). The summed E-state index contributed by atoms with van der Waals surface area (Å²) in [6, 6.07) is 8.07. The summed E-state index contributed by atoms with van der Waals surface area (Å²) in [6.07, 6.45) is 4.05. The van der Waals surface area contributed by atoms with Gasteiger partial charge in [-0.25, -0.2) is 4.39 Å². The number of rotatable bonds is 4. The Kier molecular flexibility index (Phi) is 4.76. The van der Waals surface area contributed by atoms with Crippen LogP contribution < -0.4 is 5.32 Å². The summed E-state index contributed by atoms with van der Waals surface area (Å²) in [5.41, 5.74) is 1.54. The Balaban J connectivity index is 1.37. The molecule has 1 aromatic carbocycles. The number of carbonyl (C=O) groups is 2. The SMILES string of the molecule is O=C(NC1C[C@H]2CC[C@@H](C1)N2C(=O)Cc1ccsc1)c1ccc(F)cc1. The number of piperidine rings is 1. The van der Waals surface area contributed by atoms with E-state index in [1.165, 1.54) is 24.3 Å². The van der Waals surface area contributed by atoms with E-state index in [1.54, 1.807) is 11.3 Å². The second kappa shape index (κ2) is 7.19. The minimum Gasteiger partial charge on any atom is -0.349 e. The number of nitrogens with one attached hydrogen (secondary N) is 1. The van der Waals surface area contributed by atoms with Crippen LogP contribution in [0.4, 0.5) is 4.39 Å². The van der Waals surface area contributed by atoms with Crippen LogP contribution >= 0.6 is 11.3 Å². The van der Waals surface area contributed by atoms with E-state index < -0.39 is 0 Å². The lowest BCUT2D eigenvalue weighted by atomic mass is 9.96. The van der Waals surface area contributed by atoms with E-state index in [2.05, 4.69) is 10.2 Å². The van der Waals surface area contributed by atoms with Crippen molar-refractivity contribution in [2.45, 2.75) is 50.2 Å². The summed E-state index contributed by atoms with van der Waals surface area (Å²) in [6.45, 7) is 0. The fourth-order valence-electron chi connectivity index (χ4n) is 4.23. The van der Waals surface area contributed by atoms with E-state index in [9.17, 15) is 14.0 Å². The maximum Gasteiger partial charge on any atom is 0.251 e. The largest absolute Gasteiger partial charge is 0.349 e. The van der Waals surface area contributed by atoms with Gasteiger partial charge in [-0.1, -0.05) is 0 Å².